The van der Waals surface area contributed by atoms with Gasteiger partial charge in [0.1, 0.15) is 11.0 Å². The van der Waals surface area contributed by atoms with Crippen LogP contribution in [0.2, 0.25) is 5.15 Å². The van der Waals surface area contributed by atoms with Crippen LogP contribution < -0.4 is 10.2 Å². The summed E-state index contributed by atoms with van der Waals surface area (Å²) in [6, 6.07) is 7.48. The lowest BCUT2D eigenvalue weighted by Gasteiger charge is -2.27. The molecule has 1 amide bonds. The van der Waals surface area contributed by atoms with Crippen molar-refractivity contribution in [3.8, 4) is 0 Å². The molecule has 1 aliphatic rings. The Morgan fingerprint density at radius 3 is 2.92 bits per heavy atom. The zero-order chi connectivity index (χ0) is 18.2. The van der Waals surface area contributed by atoms with Crippen molar-refractivity contribution in [1.82, 2.24) is 20.3 Å². The number of amides is 1. The number of aromatic nitrogens is 3. The summed E-state index contributed by atoms with van der Waals surface area (Å²) in [5, 5.41) is 3.75. The fourth-order valence-electron chi connectivity index (χ4n) is 2.46. The summed E-state index contributed by atoms with van der Waals surface area (Å²) in [6.45, 7) is 3.42. The number of halogens is 1. The van der Waals surface area contributed by atoms with Crippen molar-refractivity contribution in [1.29, 1.82) is 0 Å². The van der Waals surface area contributed by atoms with E-state index in [9.17, 15) is 4.79 Å². The average molecular weight is 394 g/mol. The molecule has 0 saturated carbocycles. The van der Waals surface area contributed by atoms with E-state index in [-0.39, 0.29) is 11.7 Å². The van der Waals surface area contributed by atoms with Crippen LogP contribution in [0.5, 0.6) is 0 Å². The minimum Gasteiger partial charge on any atom is -0.378 e. The Morgan fingerprint density at radius 1 is 1.31 bits per heavy atom. The highest BCUT2D eigenvalue weighted by atomic mass is 35.5. The quantitative estimate of drug-likeness (QED) is 0.436. The Hall–Kier alpha value is -1.90. The molecule has 0 unspecified atom stereocenters. The molecule has 2 aromatic rings. The molecule has 0 aliphatic carbocycles. The summed E-state index contributed by atoms with van der Waals surface area (Å²) in [4.78, 5) is 27.0. The van der Waals surface area contributed by atoms with Crippen LogP contribution in [-0.2, 0) is 16.0 Å². The van der Waals surface area contributed by atoms with E-state index in [0.29, 0.717) is 36.5 Å². The molecule has 1 saturated heterocycles. The monoisotopic (exact) mass is 393 g/mol. The zero-order valence-electron chi connectivity index (χ0n) is 14.2. The van der Waals surface area contributed by atoms with E-state index in [0.717, 1.165) is 24.6 Å². The van der Waals surface area contributed by atoms with Crippen molar-refractivity contribution >= 4 is 35.1 Å². The topological polar surface area (TPSA) is 80.2 Å². The fraction of sp³-hybridized carbons (Fsp3) is 0.412. The van der Waals surface area contributed by atoms with E-state index in [1.807, 2.05) is 18.2 Å². The Kier molecular flexibility index (Phi) is 7.04. The molecule has 3 rings (SSSR count). The number of morpholine rings is 1. The second kappa shape index (κ2) is 9.70. The van der Waals surface area contributed by atoms with Crippen LogP contribution >= 0.6 is 23.4 Å². The number of carbonyl (C=O) groups excluding carboxylic acids is 1. The molecular weight excluding hydrogens is 374 g/mol. The summed E-state index contributed by atoms with van der Waals surface area (Å²) in [5.41, 5.74) is 0.953. The molecule has 0 bridgehead atoms. The van der Waals surface area contributed by atoms with Gasteiger partial charge < -0.3 is 15.0 Å². The van der Waals surface area contributed by atoms with Crippen molar-refractivity contribution in [2.75, 3.05) is 43.5 Å². The Balaban J connectivity index is 1.47. The van der Waals surface area contributed by atoms with Crippen LogP contribution in [0, 0.1) is 0 Å². The molecule has 138 valence electrons. The van der Waals surface area contributed by atoms with Gasteiger partial charge in [-0.3, -0.25) is 9.78 Å². The average Bonchev–Trinajstić information content (AvgIpc) is 2.67. The molecule has 0 radical (unpaired) electrons. The standard InChI is InChI=1S/C17H20ClN5O2S/c18-14-11-15(23-7-9-25-10-8-23)22-17(21-14)26-12-16(24)20-6-4-13-3-1-2-5-19-13/h1-3,5,11H,4,6-10,12H2,(H,20,24). The SMILES string of the molecule is O=C(CSc1nc(Cl)cc(N2CCOCC2)n1)NCCc1ccccn1. The van der Waals surface area contributed by atoms with Gasteiger partial charge >= 0.3 is 0 Å². The van der Waals surface area contributed by atoms with E-state index in [2.05, 4.69) is 25.2 Å². The van der Waals surface area contributed by atoms with E-state index in [1.165, 1.54) is 11.8 Å². The normalized spacial score (nSPS) is 14.3. The first-order chi connectivity index (χ1) is 12.7. The van der Waals surface area contributed by atoms with Crippen LogP contribution in [0.25, 0.3) is 0 Å². The number of rotatable bonds is 7. The molecular formula is C17H20ClN5O2S. The van der Waals surface area contributed by atoms with Gasteiger partial charge in [0.05, 0.1) is 19.0 Å². The van der Waals surface area contributed by atoms with Gasteiger partial charge in [-0.25, -0.2) is 9.97 Å². The van der Waals surface area contributed by atoms with Crippen molar-refractivity contribution < 1.29 is 9.53 Å². The number of carbonyl (C=O) groups is 1. The molecule has 26 heavy (non-hydrogen) atoms. The number of thioether (sulfide) groups is 1. The number of nitrogens with zero attached hydrogens (tertiary/aromatic N) is 4. The number of pyridine rings is 1. The van der Waals surface area contributed by atoms with Crippen LogP contribution in [0.4, 0.5) is 5.82 Å². The van der Waals surface area contributed by atoms with E-state index >= 15 is 0 Å². The third kappa shape index (κ3) is 5.82. The second-order valence-corrected chi connectivity index (χ2v) is 6.97. The van der Waals surface area contributed by atoms with Crippen LogP contribution in [0.3, 0.4) is 0 Å². The zero-order valence-corrected chi connectivity index (χ0v) is 15.8. The van der Waals surface area contributed by atoms with Crippen LogP contribution in [0.15, 0.2) is 35.6 Å². The lowest BCUT2D eigenvalue weighted by Crippen LogP contribution is -2.36. The molecule has 7 nitrogen and oxygen atoms in total. The van der Waals surface area contributed by atoms with Crippen LogP contribution in [-0.4, -0.2) is 59.5 Å². The molecule has 2 aromatic heterocycles. The largest absolute Gasteiger partial charge is 0.378 e. The highest BCUT2D eigenvalue weighted by molar-refractivity contribution is 7.99. The van der Waals surface area contributed by atoms with Gasteiger partial charge in [0, 0.05) is 44.0 Å². The number of hydrogen-bond acceptors (Lipinski definition) is 7. The first-order valence-electron chi connectivity index (χ1n) is 8.37. The summed E-state index contributed by atoms with van der Waals surface area (Å²) in [6.07, 6.45) is 2.45. The smallest absolute Gasteiger partial charge is 0.230 e. The molecule has 9 heteroatoms. The van der Waals surface area contributed by atoms with Gasteiger partial charge in [-0.2, -0.15) is 0 Å². The summed E-state index contributed by atoms with van der Waals surface area (Å²) >= 11 is 7.38. The minimum absolute atomic E-state index is 0.0672. The number of hydrogen-bond donors (Lipinski definition) is 1. The molecule has 1 aliphatic heterocycles. The van der Waals surface area contributed by atoms with Crippen LogP contribution in [0.1, 0.15) is 5.69 Å². The molecule has 1 N–H and O–H groups in total. The molecule has 0 spiro atoms. The van der Waals surface area contributed by atoms with Crippen molar-refractivity contribution in [3.63, 3.8) is 0 Å². The predicted octanol–water partition coefficient (Wildman–Crippen LogP) is 1.81. The molecule has 1 fully saturated rings. The lowest BCUT2D eigenvalue weighted by atomic mass is 10.3. The van der Waals surface area contributed by atoms with Gasteiger partial charge in [-0.1, -0.05) is 29.4 Å². The van der Waals surface area contributed by atoms with Gasteiger partial charge in [-0.15, -0.1) is 0 Å². The number of nitrogens with one attached hydrogen (secondary N) is 1. The van der Waals surface area contributed by atoms with Gasteiger partial charge in [0.25, 0.3) is 0 Å². The third-order valence-electron chi connectivity index (χ3n) is 3.76. The van der Waals surface area contributed by atoms with Crippen molar-refractivity contribution in [2.45, 2.75) is 11.6 Å². The van der Waals surface area contributed by atoms with E-state index in [1.54, 1.807) is 12.3 Å². The maximum Gasteiger partial charge on any atom is 0.230 e. The maximum absolute atomic E-state index is 12.0. The highest BCUT2D eigenvalue weighted by Crippen LogP contribution is 2.22. The molecule has 3 heterocycles. The Bertz CT molecular complexity index is 728. The fourth-order valence-corrected chi connectivity index (χ4v) is 3.37. The minimum atomic E-state index is -0.0672. The first kappa shape index (κ1) is 18.9. The maximum atomic E-state index is 12.0. The predicted molar refractivity (Wildman–Crippen MR) is 102 cm³/mol. The number of anilines is 1. The molecule has 0 atom stereocenters. The molecule has 0 aromatic carbocycles. The Labute approximate surface area is 161 Å². The summed E-state index contributed by atoms with van der Waals surface area (Å²) < 4.78 is 5.35. The van der Waals surface area contributed by atoms with Crippen molar-refractivity contribution in [3.05, 3.63) is 41.3 Å². The Morgan fingerprint density at radius 2 is 2.15 bits per heavy atom. The third-order valence-corrected chi connectivity index (χ3v) is 4.80. The van der Waals surface area contributed by atoms with Gasteiger partial charge in [-0.05, 0) is 12.1 Å². The second-order valence-electron chi connectivity index (χ2n) is 5.64. The first-order valence-corrected chi connectivity index (χ1v) is 9.74. The van der Waals surface area contributed by atoms with E-state index in [4.69, 9.17) is 16.3 Å². The van der Waals surface area contributed by atoms with Gasteiger partial charge in [0.2, 0.25) is 5.91 Å². The summed E-state index contributed by atoms with van der Waals surface area (Å²) in [7, 11) is 0. The lowest BCUT2D eigenvalue weighted by molar-refractivity contribution is -0.118. The summed E-state index contributed by atoms with van der Waals surface area (Å²) in [5.74, 6) is 0.944. The highest BCUT2D eigenvalue weighted by Gasteiger charge is 2.15. The van der Waals surface area contributed by atoms with E-state index < -0.39 is 0 Å². The number of ether oxygens (including phenoxy) is 1. The van der Waals surface area contributed by atoms with Gasteiger partial charge in [0.15, 0.2) is 5.16 Å². The van der Waals surface area contributed by atoms with Crippen molar-refractivity contribution in [2.24, 2.45) is 0 Å².